The van der Waals surface area contributed by atoms with E-state index in [0.29, 0.717) is 12.8 Å². The zero-order valence-electron chi connectivity index (χ0n) is 13.4. The third-order valence-electron chi connectivity index (χ3n) is 4.23. The third kappa shape index (κ3) is 6.76. The second-order valence-electron chi connectivity index (χ2n) is 6.58. The minimum Gasteiger partial charge on any atom is -0.481 e. The minimum atomic E-state index is -4.16. The number of carboxylic acid groups (broad SMARTS) is 1. The van der Waals surface area contributed by atoms with E-state index < -0.39 is 23.6 Å². The van der Waals surface area contributed by atoms with E-state index >= 15 is 0 Å². The maximum absolute atomic E-state index is 12.6. The molecule has 0 aromatic carbocycles. The summed E-state index contributed by atoms with van der Waals surface area (Å²) in [5, 5.41) is 11.5. The van der Waals surface area contributed by atoms with Gasteiger partial charge in [-0.2, -0.15) is 13.2 Å². The lowest BCUT2D eigenvalue weighted by Crippen LogP contribution is -2.51. The Bertz CT molecular complexity index is 419. The second-order valence-corrected chi connectivity index (χ2v) is 6.58. The van der Waals surface area contributed by atoms with Crippen LogP contribution in [0.15, 0.2) is 0 Å². The van der Waals surface area contributed by atoms with Gasteiger partial charge >= 0.3 is 12.1 Å². The Hall–Kier alpha value is -1.31. The van der Waals surface area contributed by atoms with Crippen molar-refractivity contribution in [1.82, 2.24) is 5.32 Å². The van der Waals surface area contributed by atoms with Crippen LogP contribution in [0.1, 0.15) is 45.4 Å². The average molecular weight is 339 g/mol. The smallest absolute Gasteiger partial charge is 0.391 e. The normalized spacial score (nSPS) is 24.7. The van der Waals surface area contributed by atoms with Crippen molar-refractivity contribution < 1.29 is 32.6 Å². The first-order valence-corrected chi connectivity index (χ1v) is 7.64. The number of aliphatic carboxylic acids is 1. The van der Waals surface area contributed by atoms with Gasteiger partial charge in [0.2, 0.25) is 5.91 Å². The number of rotatable bonds is 7. The molecule has 1 atom stereocenters. The molecule has 134 valence electrons. The van der Waals surface area contributed by atoms with E-state index in [4.69, 9.17) is 9.84 Å². The zero-order valence-corrected chi connectivity index (χ0v) is 13.4. The molecule has 2 N–H and O–H groups in total. The fourth-order valence-corrected chi connectivity index (χ4v) is 3.13. The summed E-state index contributed by atoms with van der Waals surface area (Å²) in [6.07, 6.45) is -3.52. The Morgan fingerprint density at radius 3 is 2.22 bits per heavy atom. The van der Waals surface area contributed by atoms with Crippen LogP contribution in [0.5, 0.6) is 0 Å². The van der Waals surface area contributed by atoms with Gasteiger partial charge < -0.3 is 15.2 Å². The number of carbonyl (C=O) groups excluding carboxylic acids is 1. The second kappa shape index (κ2) is 7.99. The van der Waals surface area contributed by atoms with Crippen molar-refractivity contribution in [1.29, 1.82) is 0 Å². The Morgan fingerprint density at radius 2 is 1.78 bits per heavy atom. The number of hydrogen-bond acceptors (Lipinski definition) is 3. The Kier molecular flexibility index (Phi) is 6.85. The van der Waals surface area contributed by atoms with Crippen LogP contribution in [-0.2, 0) is 14.3 Å². The van der Waals surface area contributed by atoms with Gasteiger partial charge in [-0.15, -0.1) is 0 Å². The number of alkyl halides is 3. The molecular formula is C15H24F3NO4. The van der Waals surface area contributed by atoms with Crippen molar-refractivity contribution in [2.45, 2.75) is 57.2 Å². The molecule has 1 saturated carbocycles. The third-order valence-corrected chi connectivity index (χ3v) is 4.23. The van der Waals surface area contributed by atoms with Gasteiger partial charge in [-0.05, 0) is 38.5 Å². The highest BCUT2D eigenvalue weighted by Crippen LogP contribution is 2.40. The summed E-state index contributed by atoms with van der Waals surface area (Å²) in [5.74, 6) is -2.77. The molecule has 1 fully saturated rings. The summed E-state index contributed by atoms with van der Waals surface area (Å²) in [6, 6.07) is 0. The zero-order chi connectivity index (χ0) is 17.7. The van der Waals surface area contributed by atoms with Crippen molar-refractivity contribution in [2.24, 2.45) is 11.8 Å². The van der Waals surface area contributed by atoms with Gasteiger partial charge in [0.25, 0.3) is 0 Å². The Labute approximate surface area is 133 Å². The molecule has 5 nitrogen and oxygen atoms in total. The van der Waals surface area contributed by atoms with E-state index in [2.05, 4.69) is 5.32 Å². The predicted molar refractivity (Wildman–Crippen MR) is 76.8 cm³/mol. The quantitative estimate of drug-likeness (QED) is 0.748. The first-order valence-electron chi connectivity index (χ1n) is 7.64. The lowest BCUT2D eigenvalue weighted by molar-refractivity contribution is -0.184. The molecule has 1 rings (SSSR count). The molecule has 1 aliphatic carbocycles. The first kappa shape index (κ1) is 19.7. The molecule has 0 aliphatic heterocycles. The van der Waals surface area contributed by atoms with Crippen LogP contribution in [0.4, 0.5) is 13.2 Å². The number of ether oxygens (including phenoxy) is 1. The molecular weight excluding hydrogens is 315 g/mol. The summed E-state index contributed by atoms with van der Waals surface area (Å²) < 4.78 is 42.8. The summed E-state index contributed by atoms with van der Waals surface area (Å²) in [4.78, 5) is 23.0. The molecule has 0 aromatic heterocycles. The van der Waals surface area contributed by atoms with E-state index in [-0.39, 0.29) is 44.1 Å². The monoisotopic (exact) mass is 339 g/mol. The van der Waals surface area contributed by atoms with E-state index in [0.717, 1.165) is 0 Å². The SMILES string of the molecule is COCC(C)(CC(=O)O)NC(=O)CC1CCC(C(F)(F)F)CC1. The average Bonchev–Trinajstić information content (AvgIpc) is 2.36. The fraction of sp³-hybridized carbons (Fsp3) is 0.867. The highest BCUT2D eigenvalue weighted by molar-refractivity contribution is 5.78. The van der Waals surface area contributed by atoms with Crippen LogP contribution in [0, 0.1) is 11.8 Å². The summed E-state index contributed by atoms with van der Waals surface area (Å²) in [5.41, 5.74) is -1.03. The molecule has 0 aromatic rings. The van der Waals surface area contributed by atoms with Crippen LogP contribution in [0.3, 0.4) is 0 Å². The van der Waals surface area contributed by atoms with Gasteiger partial charge in [0.15, 0.2) is 0 Å². The summed E-state index contributed by atoms with van der Waals surface area (Å²) in [6.45, 7) is 1.62. The largest absolute Gasteiger partial charge is 0.481 e. The van der Waals surface area contributed by atoms with Gasteiger partial charge in [-0.25, -0.2) is 0 Å². The molecule has 0 radical (unpaired) electrons. The first-order chi connectivity index (χ1) is 10.6. The van der Waals surface area contributed by atoms with Crippen molar-refractivity contribution in [3.63, 3.8) is 0 Å². The van der Waals surface area contributed by atoms with Crippen LogP contribution >= 0.6 is 0 Å². The molecule has 0 heterocycles. The van der Waals surface area contributed by atoms with Crippen LogP contribution in [-0.4, -0.2) is 42.4 Å². The molecule has 23 heavy (non-hydrogen) atoms. The molecule has 1 amide bonds. The molecule has 0 spiro atoms. The number of amides is 1. The topological polar surface area (TPSA) is 75.6 Å². The summed E-state index contributed by atoms with van der Waals surface area (Å²) in [7, 11) is 1.41. The van der Waals surface area contributed by atoms with Gasteiger partial charge in [-0.3, -0.25) is 9.59 Å². The van der Waals surface area contributed by atoms with Gasteiger partial charge in [0.05, 0.1) is 24.5 Å². The number of nitrogens with one attached hydrogen (secondary N) is 1. The Morgan fingerprint density at radius 1 is 1.22 bits per heavy atom. The number of carboxylic acids is 1. The van der Waals surface area contributed by atoms with E-state index in [9.17, 15) is 22.8 Å². The van der Waals surface area contributed by atoms with Crippen molar-refractivity contribution >= 4 is 11.9 Å². The molecule has 0 bridgehead atoms. The molecule has 0 saturated heterocycles. The highest BCUT2D eigenvalue weighted by Gasteiger charge is 2.41. The number of halogens is 3. The lowest BCUT2D eigenvalue weighted by Gasteiger charge is -2.32. The van der Waals surface area contributed by atoms with Crippen LogP contribution < -0.4 is 5.32 Å². The molecule has 1 aliphatic rings. The number of hydrogen-bond donors (Lipinski definition) is 2. The molecule has 1 unspecified atom stereocenters. The summed E-state index contributed by atoms with van der Waals surface area (Å²) >= 11 is 0. The van der Waals surface area contributed by atoms with Crippen LogP contribution in [0.2, 0.25) is 0 Å². The molecule has 8 heteroatoms. The van der Waals surface area contributed by atoms with Crippen molar-refractivity contribution in [3.05, 3.63) is 0 Å². The van der Waals surface area contributed by atoms with Gasteiger partial charge in [0, 0.05) is 13.5 Å². The maximum atomic E-state index is 12.6. The van der Waals surface area contributed by atoms with Crippen molar-refractivity contribution in [3.8, 4) is 0 Å². The maximum Gasteiger partial charge on any atom is 0.391 e. The number of carbonyl (C=O) groups is 2. The van der Waals surface area contributed by atoms with Gasteiger partial charge in [-0.1, -0.05) is 0 Å². The van der Waals surface area contributed by atoms with E-state index in [1.807, 2.05) is 0 Å². The van der Waals surface area contributed by atoms with Crippen LogP contribution in [0.25, 0.3) is 0 Å². The standard InChI is InChI=1S/C15H24F3NO4/c1-14(9-23-2,8-13(21)22)19-12(20)7-10-3-5-11(6-4-10)15(16,17)18/h10-11H,3-9H2,1-2H3,(H,19,20)(H,21,22). The van der Waals surface area contributed by atoms with Gasteiger partial charge in [0.1, 0.15) is 0 Å². The van der Waals surface area contributed by atoms with E-state index in [1.54, 1.807) is 6.92 Å². The fourth-order valence-electron chi connectivity index (χ4n) is 3.13. The minimum absolute atomic E-state index is 0.0475. The lowest BCUT2D eigenvalue weighted by atomic mass is 9.80. The van der Waals surface area contributed by atoms with Crippen molar-refractivity contribution in [2.75, 3.05) is 13.7 Å². The highest BCUT2D eigenvalue weighted by atomic mass is 19.4. The predicted octanol–water partition coefficient (Wildman–Crippen LogP) is 2.74. The number of methoxy groups -OCH3 is 1. The Balaban J connectivity index is 2.48. The van der Waals surface area contributed by atoms with E-state index in [1.165, 1.54) is 7.11 Å².